The average molecular weight is 444 g/mol. The van der Waals surface area contributed by atoms with Crippen LogP contribution < -0.4 is 16.2 Å². The molecule has 162 valence electrons. The summed E-state index contributed by atoms with van der Waals surface area (Å²) < 4.78 is 36.3. The lowest BCUT2D eigenvalue weighted by atomic mass is 9.72. The minimum absolute atomic E-state index is 0.117. The molecule has 0 aliphatic heterocycles. The van der Waals surface area contributed by atoms with Crippen LogP contribution in [0.3, 0.4) is 0 Å². The monoisotopic (exact) mass is 443 g/mol. The predicted molar refractivity (Wildman–Crippen MR) is 106 cm³/mol. The van der Waals surface area contributed by atoms with Crippen molar-refractivity contribution in [1.82, 2.24) is 20.8 Å². The number of benzene rings is 1. The Kier molecular flexibility index (Phi) is 7.60. The molecule has 3 rings (SSSR count). The molecule has 1 aliphatic carbocycles. The summed E-state index contributed by atoms with van der Waals surface area (Å²) in [6.45, 7) is 4.00. The zero-order valence-corrected chi connectivity index (χ0v) is 17.1. The molecule has 7 nitrogen and oxygen atoms in total. The predicted octanol–water partition coefficient (Wildman–Crippen LogP) is 3.97. The summed E-state index contributed by atoms with van der Waals surface area (Å²) in [6.07, 6.45) is -0.171. The lowest BCUT2D eigenvalue weighted by Gasteiger charge is -2.43. The Morgan fingerprint density at radius 1 is 1.07 bits per heavy atom. The van der Waals surface area contributed by atoms with Gasteiger partial charge in [-0.15, -0.1) is 0 Å². The highest BCUT2D eigenvalue weighted by Gasteiger charge is 2.41. The first-order chi connectivity index (χ1) is 14.2. The third-order valence-electron chi connectivity index (χ3n) is 4.41. The van der Waals surface area contributed by atoms with E-state index in [1.807, 2.05) is 32.0 Å². The summed E-state index contributed by atoms with van der Waals surface area (Å²) in [7, 11) is 0. The Labute approximate surface area is 176 Å². The Bertz CT molecular complexity index is 886. The van der Waals surface area contributed by atoms with Crippen LogP contribution in [0.25, 0.3) is 0 Å². The molecule has 0 bridgehead atoms. The van der Waals surface area contributed by atoms with Gasteiger partial charge in [0, 0.05) is 17.4 Å². The van der Waals surface area contributed by atoms with E-state index in [4.69, 9.17) is 11.6 Å². The van der Waals surface area contributed by atoms with Crippen molar-refractivity contribution in [3.8, 4) is 0 Å². The van der Waals surface area contributed by atoms with Crippen LogP contribution in [0, 0.1) is 0 Å². The summed E-state index contributed by atoms with van der Waals surface area (Å²) >= 11 is 6.30. The third-order valence-corrected chi connectivity index (χ3v) is 4.74. The maximum atomic E-state index is 12.1. The van der Waals surface area contributed by atoms with Gasteiger partial charge in [0.15, 0.2) is 0 Å². The summed E-state index contributed by atoms with van der Waals surface area (Å²) in [6, 6.07) is 7.42. The fourth-order valence-corrected chi connectivity index (χ4v) is 3.14. The van der Waals surface area contributed by atoms with E-state index in [0.717, 1.165) is 37.2 Å². The second-order valence-corrected chi connectivity index (χ2v) is 6.65. The molecular weight excluding hydrogens is 423 g/mol. The van der Waals surface area contributed by atoms with Gasteiger partial charge in [0.05, 0.1) is 11.1 Å². The Balaban J connectivity index is 0.00000155. The maximum absolute atomic E-state index is 12.1. The molecule has 30 heavy (non-hydrogen) atoms. The SMILES string of the molecule is CC.O=C(NNC(=O)C(F)(F)F)c1cnc(NC2(c3ccccc3Cl)CCC2)nc1. The molecule has 0 saturated heterocycles. The molecule has 1 aliphatic rings. The molecule has 0 spiro atoms. The van der Waals surface area contributed by atoms with E-state index in [1.54, 1.807) is 11.5 Å². The summed E-state index contributed by atoms with van der Waals surface area (Å²) in [5.41, 5.74) is 3.31. The molecule has 1 aromatic carbocycles. The molecule has 0 radical (unpaired) electrons. The summed E-state index contributed by atoms with van der Waals surface area (Å²) in [5, 5.41) is 3.85. The number of nitrogens with one attached hydrogen (secondary N) is 3. The molecule has 0 atom stereocenters. The minimum Gasteiger partial charge on any atom is -0.345 e. The van der Waals surface area contributed by atoms with E-state index < -0.39 is 23.5 Å². The lowest BCUT2D eigenvalue weighted by Crippen LogP contribution is -2.47. The molecule has 2 aromatic rings. The second-order valence-electron chi connectivity index (χ2n) is 6.24. The Hall–Kier alpha value is -2.88. The molecule has 1 heterocycles. The number of hydrazine groups is 1. The van der Waals surface area contributed by atoms with E-state index >= 15 is 0 Å². The van der Waals surface area contributed by atoms with Crippen molar-refractivity contribution in [3.63, 3.8) is 0 Å². The zero-order valence-electron chi connectivity index (χ0n) is 16.3. The number of halogens is 4. The number of carbonyl (C=O) groups is 2. The van der Waals surface area contributed by atoms with Gasteiger partial charge in [0.2, 0.25) is 5.95 Å². The maximum Gasteiger partial charge on any atom is 0.472 e. The molecule has 2 amide bonds. The number of anilines is 1. The highest BCUT2D eigenvalue weighted by molar-refractivity contribution is 6.31. The number of nitrogens with zero attached hydrogens (tertiary/aromatic N) is 2. The topological polar surface area (TPSA) is 96.0 Å². The number of aromatic nitrogens is 2. The number of alkyl halides is 3. The van der Waals surface area contributed by atoms with Crippen LogP contribution in [0.5, 0.6) is 0 Å². The molecule has 11 heteroatoms. The van der Waals surface area contributed by atoms with E-state index in [2.05, 4.69) is 15.3 Å². The second kappa shape index (κ2) is 9.75. The van der Waals surface area contributed by atoms with Gasteiger partial charge in [0.1, 0.15) is 0 Å². The Morgan fingerprint density at radius 2 is 1.67 bits per heavy atom. The first kappa shape index (κ1) is 23.4. The van der Waals surface area contributed by atoms with E-state index in [-0.39, 0.29) is 11.5 Å². The number of carbonyl (C=O) groups excluding carboxylic acids is 2. The smallest absolute Gasteiger partial charge is 0.345 e. The van der Waals surface area contributed by atoms with Gasteiger partial charge in [0.25, 0.3) is 5.91 Å². The number of rotatable bonds is 4. The number of hydrogen-bond acceptors (Lipinski definition) is 5. The van der Waals surface area contributed by atoms with Crippen molar-refractivity contribution < 1.29 is 22.8 Å². The fraction of sp³-hybridized carbons (Fsp3) is 0.368. The van der Waals surface area contributed by atoms with Crippen LogP contribution in [0.1, 0.15) is 49.0 Å². The van der Waals surface area contributed by atoms with Crippen LogP contribution in [0.2, 0.25) is 5.02 Å². The molecule has 0 unspecified atom stereocenters. The van der Waals surface area contributed by atoms with E-state index in [1.165, 1.54) is 5.43 Å². The quantitative estimate of drug-likeness (QED) is 0.621. The van der Waals surface area contributed by atoms with Crippen LogP contribution in [-0.2, 0) is 10.3 Å². The number of amides is 2. The standard InChI is InChI=1S/C17H15ClF3N5O2.C2H6/c18-12-5-2-1-4-11(12)16(6-3-7-16)24-15-22-8-10(9-23-15)13(27)25-26-14(28)17(19,20)21;1-2/h1-2,4-5,8-9H,3,6-7H2,(H,25,27)(H,26,28)(H,22,23,24);1-2H3. The lowest BCUT2D eigenvalue weighted by molar-refractivity contribution is -0.174. The number of hydrogen-bond donors (Lipinski definition) is 3. The van der Waals surface area contributed by atoms with Gasteiger partial charge >= 0.3 is 12.1 Å². The first-order valence-electron chi connectivity index (χ1n) is 9.24. The van der Waals surface area contributed by atoms with Gasteiger partial charge in [-0.2, -0.15) is 13.2 Å². The van der Waals surface area contributed by atoms with Crippen molar-refractivity contribution in [2.75, 3.05) is 5.32 Å². The van der Waals surface area contributed by atoms with Crippen molar-refractivity contribution in [2.45, 2.75) is 44.8 Å². The fourth-order valence-electron chi connectivity index (χ4n) is 2.82. The zero-order chi connectivity index (χ0) is 22.4. The van der Waals surface area contributed by atoms with Crippen LogP contribution in [0.4, 0.5) is 19.1 Å². The third kappa shape index (κ3) is 5.38. The van der Waals surface area contributed by atoms with Crippen molar-refractivity contribution in [3.05, 3.63) is 52.8 Å². The van der Waals surface area contributed by atoms with Gasteiger partial charge in [-0.1, -0.05) is 43.6 Å². The molecule has 3 N–H and O–H groups in total. The van der Waals surface area contributed by atoms with E-state index in [0.29, 0.717) is 5.02 Å². The van der Waals surface area contributed by atoms with Crippen LogP contribution in [0.15, 0.2) is 36.7 Å². The van der Waals surface area contributed by atoms with Crippen LogP contribution in [-0.4, -0.2) is 28.0 Å². The van der Waals surface area contributed by atoms with Gasteiger partial charge in [-0.25, -0.2) is 9.97 Å². The Morgan fingerprint density at radius 3 is 2.17 bits per heavy atom. The minimum atomic E-state index is -5.10. The van der Waals surface area contributed by atoms with Crippen LogP contribution >= 0.6 is 11.6 Å². The molecular formula is C19H21ClF3N5O2. The van der Waals surface area contributed by atoms with Gasteiger partial charge in [-0.3, -0.25) is 20.4 Å². The molecule has 1 fully saturated rings. The average Bonchev–Trinajstić information content (AvgIpc) is 2.70. The summed E-state index contributed by atoms with van der Waals surface area (Å²) in [4.78, 5) is 30.6. The molecule has 1 saturated carbocycles. The first-order valence-corrected chi connectivity index (χ1v) is 9.62. The van der Waals surface area contributed by atoms with Crippen molar-refractivity contribution >= 4 is 29.4 Å². The van der Waals surface area contributed by atoms with Gasteiger partial charge in [-0.05, 0) is 30.9 Å². The largest absolute Gasteiger partial charge is 0.472 e. The summed E-state index contributed by atoms with van der Waals surface area (Å²) in [5.74, 6) is -3.02. The normalized spacial score (nSPS) is 14.5. The molecule has 1 aromatic heterocycles. The highest BCUT2D eigenvalue weighted by atomic mass is 35.5. The van der Waals surface area contributed by atoms with Gasteiger partial charge < -0.3 is 5.32 Å². The van der Waals surface area contributed by atoms with Crippen molar-refractivity contribution in [1.29, 1.82) is 0 Å². The highest BCUT2D eigenvalue weighted by Crippen LogP contribution is 2.45. The van der Waals surface area contributed by atoms with E-state index in [9.17, 15) is 22.8 Å². The van der Waals surface area contributed by atoms with Crippen molar-refractivity contribution in [2.24, 2.45) is 0 Å².